The van der Waals surface area contributed by atoms with E-state index in [9.17, 15) is 9.59 Å². The van der Waals surface area contributed by atoms with E-state index in [2.05, 4.69) is 4.98 Å². The zero-order chi connectivity index (χ0) is 17.8. The summed E-state index contributed by atoms with van der Waals surface area (Å²) in [7, 11) is 1.61. The topological polar surface area (TPSA) is 59.5 Å². The minimum absolute atomic E-state index is 0.0149. The average molecular weight is 358 g/mol. The minimum atomic E-state index is -0.0149. The number of rotatable bonds is 5. The number of carbonyl (C=O) groups excluding carboxylic acids is 2. The molecular weight excluding hydrogens is 336 g/mol. The maximum Gasteiger partial charge on any atom is 0.228 e. The smallest absolute Gasteiger partial charge is 0.228 e. The fraction of sp³-hybridized carbons (Fsp3) is 0.421. The zero-order valence-corrected chi connectivity index (χ0v) is 15.3. The summed E-state index contributed by atoms with van der Waals surface area (Å²) in [6.07, 6.45) is 1.78. The number of hydrogen-bond acceptors (Lipinski definition) is 5. The largest absolute Gasteiger partial charge is 0.497 e. The summed E-state index contributed by atoms with van der Waals surface area (Å²) >= 11 is 1.56. The van der Waals surface area contributed by atoms with Gasteiger partial charge in [0.05, 0.1) is 24.2 Å². The van der Waals surface area contributed by atoms with Crippen LogP contribution in [0.1, 0.15) is 33.9 Å². The van der Waals surface area contributed by atoms with E-state index in [0.717, 1.165) is 16.5 Å². The van der Waals surface area contributed by atoms with Crippen LogP contribution >= 0.6 is 11.3 Å². The van der Waals surface area contributed by atoms with Gasteiger partial charge >= 0.3 is 0 Å². The monoisotopic (exact) mass is 358 g/mol. The van der Waals surface area contributed by atoms with Crippen LogP contribution in [0.3, 0.4) is 0 Å². The van der Waals surface area contributed by atoms with E-state index in [4.69, 9.17) is 4.74 Å². The Balaban J connectivity index is 1.53. The second kappa shape index (κ2) is 7.78. The highest BCUT2D eigenvalue weighted by Crippen LogP contribution is 2.23. The summed E-state index contributed by atoms with van der Waals surface area (Å²) in [5.41, 5.74) is 1.55. The molecule has 0 aliphatic carbocycles. The third-order valence-corrected chi connectivity index (χ3v) is 5.41. The number of aryl methyl sites for hydroxylation is 1. The number of Topliss-reactive ketones (excluding diaryl/α,β-unsaturated/α-hetero) is 1. The molecule has 0 unspecified atom stereocenters. The van der Waals surface area contributed by atoms with Gasteiger partial charge in [-0.15, -0.1) is 11.3 Å². The predicted molar refractivity (Wildman–Crippen MR) is 97.2 cm³/mol. The molecule has 0 atom stereocenters. The second-order valence-corrected chi connectivity index (χ2v) is 7.34. The van der Waals surface area contributed by atoms with Gasteiger partial charge in [0.2, 0.25) is 5.91 Å². The summed E-state index contributed by atoms with van der Waals surface area (Å²) in [5, 5.41) is 2.92. The van der Waals surface area contributed by atoms with Crippen molar-refractivity contribution in [2.75, 3.05) is 20.2 Å². The molecule has 1 aromatic heterocycles. The molecule has 1 aliphatic rings. The van der Waals surface area contributed by atoms with Crippen molar-refractivity contribution in [3.05, 3.63) is 45.9 Å². The Labute approximate surface area is 151 Å². The van der Waals surface area contributed by atoms with Crippen molar-refractivity contribution in [1.29, 1.82) is 0 Å². The molecule has 1 aromatic carbocycles. The number of thiazole rings is 1. The molecule has 0 spiro atoms. The van der Waals surface area contributed by atoms with Crippen LogP contribution in [0.25, 0.3) is 0 Å². The number of nitrogens with zero attached hydrogens (tertiary/aromatic N) is 2. The van der Waals surface area contributed by atoms with Crippen LogP contribution in [-0.4, -0.2) is 41.8 Å². The molecule has 0 saturated carbocycles. The molecule has 2 aromatic rings. The molecular formula is C19H22N2O3S. The van der Waals surface area contributed by atoms with Gasteiger partial charge in [0, 0.05) is 30.0 Å². The van der Waals surface area contributed by atoms with Crippen molar-refractivity contribution in [3.8, 4) is 5.75 Å². The van der Waals surface area contributed by atoms with Crippen molar-refractivity contribution in [2.24, 2.45) is 5.92 Å². The van der Waals surface area contributed by atoms with Gasteiger partial charge in [-0.1, -0.05) is 0 Å². The number of methoxy groups -OCH3 is 1. The Morgan fingerprint density at radius 3 is 2.48 bits per heavy atom. The van der Waals surface area contributed by atoms with Crippen LogP contribution in [0.2, 0.25) is 0 Å². The molecule has 1 fully saturated rings. The molecule has 1 saturated heterocycles. The van der Waals surface area contributed by atoms with Gasteiger partial charge < -0.3 is 9.64 Å². The molecule has 132 valence electrons. The number of ketones is 1. The lowest BCUT2D eigenvalue weighted by molar-refractivity contribution is -0.131. The highest BCUT2D eigenvalue weighted by atomic mass is 32.1. The number of ether oxygens (including phenoxy) is 1. The van der Waals surface area contributed by atoms with Gasteiger partial charge in [-0.3, -0.25) is 9.59 Å². The fourth-order valence-electron chi connectivity index (χ4n) is 3.14. The van der Waals surface area contributed by atoms with Crippen LogP contribution in [0, 0.1) is 12.8 Å². The van der Waals surface area contributed by atoms with Gasteiger partial charge in [0.15, 0.2) is 5.78 Å². The summed E-state index contributed by atoms with van der Waals surface area (Å²) in [5.74, 6) is 0.985. The standard InChI is InChI=1S/C19H22N2O3S/c1-13-20-16(12-25-13)11-18(22)21-9-7-15(8-10-21)19(23)14-3-5-17(24-2)6-4-14/h3-6,12,15H,7-11H2,1-2H3. The Kier molecular flexibility index (Phi) is 5.48. The van der Waals surface area contributed by atoms with Crippen LogP contribution < -0.4 is 4.74 Å². The maximum absolute atomic E-state index is 12.6. The van der Waals surface area contributed by atoms with Crippen LogP contribution in [0.5, 0.6) is 5.75 Å². The minimum Gasteiger partial charge on any atom is -0.497 e. The van der Waals surface area contributed by atoms with Crippen molar-refractivity contribution < 1.29 is 14.3 Å². The Hall–Kier alpha value is -2.21. The lowest BCUT2D eigenvalue weighted by Crippen LogP contribution is -2.41. The number of likely N-dealkylation sites (tertiary alicyclic amines) is 1. The third-order valence-electron chi connectivity index (χ3n) is 4.59. The van der Waals surface area contributed by atoms with E-state index >= 15 is 0 Å². The van der Waals surface area contributed by atoms with Crippen molar-refractivity contribution in [3.63, 3.8) is 0 Å². The lowest BCUT2D eigenvalue weighted by Gasteiger charge is -2.31. The quantitative estimate of drug-likeness (QED) is 0.771. The first-order valence-corrected chi connectivity index (χ1v) is 9.32. The van der Waals surface area contributed by atoms with Gasteiger partial charge in [-0.05, 0) is 44.0 Å². The molecule has 2 heterocycles. The SMILES string of the molecule is COc1ccc(C(=O)C2CCN(C(=O)Cc3csc(C)n3)CC2)cc1. The average Bonchev–Trinajstić information content (AvgIpc) is 3.06. The van der Waals surface area contributed by atoms with Crippen molar-refractivity contribution in [1.82, 2.24) is 9.88 Å². The molecule has 5 nitrogen and oxygen atoms in total. The number of carbonyl (C=O) groups is 2. The maximum atomic E-state index is 12.6. The molecule has 3 rings (SSSR count). The lowest BCUT2D eigenvalue weighted by atomic mass is 9.88. The molecule has 0 bridgehead atoms. The van der Waals surface area contributed by atoms with Crippen LogP contribution in [0.15, 0.2) is 29.6 Å². The second-order valence-electron chi connectivity index (χ2n) is 6.28. The van der Waals surface area contributed by atoms with Crippen molar-refractivity contribution >= 4 is 23.0 Å². The zero-order valence-electron chi connectivity index (χ0n) is 14.5. The Morgan fingerprint density at radius 1 is 1.24 bits per heavy atom. The Morgan fingerprint density at radius 2 is 1.92 bits per heavy atom. The number of aromatic nitrogens is 1. The fourth-order valence-corrected chi connectivity index (χ4v) is 3.75. The molecule has 6 heteroatoms. The summed E-state index contributed by atoms with van der Waals surface area (Å²) in [6, 6.07) is 7.23. The van der Waals surface area contributed by atoms with E-state index in [1.54, 1.807) is 18.4 Å². The van der Waals surface area contributed by atoms with E-state index in [-0.39, 0.29) is 17.6 Å². The van der Waals surface area contributed by atoms with E-state index in [1.807, 2.05) is 41.5 Å². The summed E-state index contributed by atoms with van der Waals surface area (Å²) in [4.78, 5) is 31.2. The number of amides is 1. The molecule has 1 aliphatic heterocycles. The van der Waals surface area contributed by atoms with Crippen LogP contribution in [0.4, 0.5) is 0 Å². The third kappa shape index (κ3) is 4.25. The number of hydrogen-bond donors (Lipinski definition) is 0. The molecule has 0 N–H and O–H groups in total. The predicted octanol–water partition coefficient (Wildman–Crippen LogP) is 3.12. The summed E-state index contributed by atoms with van der Waals surface area (Å²) < 4.78 is 5.13. The first-order chi connectivity index (χ1) is 12.1. The van der Waals surface area contributed by atoms with E-state index < -0.39 is 0 Å². The Bertz CT molecular complexity index is 746. The molecule has 25 heavy (non-hydrogen) atoms. The normalized spacial score (nSPS) is 15.2. The van der Waals surface area contributed by atoms with Gasteiger partial charge in [-0.2, -0.15) is 0 Å². The number of piperidine rings is 1. The van der Waals surface area contributed by atoms with Gasteiger partial charge in [0.25, 0.3) is 0 Å². The molecule has 1 amide bonds. The van der Waals surface area contributed by atoms with Crippen LogP contribution in [-0.2, 0) is 11.2 Å². The van der Waals surface area contributed by atoms with Crippen molar-refractivity contribution in [2.45, 2.75) is 26.2 Å². The first kappa shape index (κ1) is 17.6. The summed E-state index contributed by atoms with van der Waals surface area (Å²) in [6.45, 7) is 3.21. The highest BCUT2D eigenvalue weighted by Gasteiger charge is 2.28. The van der Waals surface area contributed by atoms with E-state index in [1.165, 1.54) is 0 Å². The van der Waals surface area contributed by atoms with Gasteiger partial charge in [-0.25, -0.2) is 4.98 Å². The number of benzene rings is 1. The van der Waals surface area contributed by atoms with E-state index in [0.29, 0.717) is 37.9 Å². The molecule has 0 radical (unpaired) electrons. The first-order valence-electron chi connectivity index (χ1n) is 8.44. The highest BCUT2D eigenvalue weighted by molar-refractivity contribution is 7.09. The van der Waals surface area contributed by atoms with Gasteiger partial charge in [0.1, 0.15) is 5.75 Å².